The molecule has 1 aromatic heterocycles. The van der Waals surface area contributed by atoms with Gasteiger partial charge in [-0.25, -0.2) is 4.79 Å². The molecule has 8 heteroatoms. The average Bonchev–Trinajstić information content (AvgIpc) is 2.98. The summed E-state index contributed by atoms with van der Waals surface area (Å²) in [6, 6.07) is 7.26. The lowest BCUT2D eigenvalue weighted by Crippen LogP contribution is -2.40. The Bertz CT molecular complexity index is 1020. The van der Waals surface area contributed by atoms with Crippen LogP contribution in [0.25, 0.3) is 12.2 Å². The first-order chi connectivity index (χ1) is 13.9. The van der Waals surface area contributed by atoms with E-state index in [-0.39, 0.29) is 24.6 Å². The van der Waals surface area contributed by atoms with Crippen molar-refractivity contribution in [1.82, 2.24) is 9.47 Å². The summed E-state index contributed by atoms with van der Waals surface area (Å²) >= 11 is 1.15. The predicted molar refractivity (Wildman–Crippen MR) is 113 cm³/mol. The second kappa shape index (κ2) is 10.6. The van der Waals surface area contributed by atoms with Gasteiger partial charge >= 0.3 is 5.97 Å². The third-order valence-corrected chi connectivity index (χ3v) is 5.35. The summed E-state index contributed by atoms with van der Waals surface area (Å²) < 4.78 is 12.3. The number of esters is 1. The Morgan fingerprint density at radius 1 is 1.14 bits per heavy atom. The Kier molecular flexibility index (Phi) is 8.21. The molecule has 0 unspecified atom stereocenters. The molecule has 2 aromatic rings. The summed E-state index contributed by atoms with van der Waals surface area (Å²) in [4.78, 5) is 39.1. The van der Waals surface area contributed by atoms with Crippen LogP contribution in [0.15, 0.2) is 29.1 Å². The number of amides is 1. The highest BCUT2D eigenvalue weighted by Gasteiger charge is 2.14. The summed E-state index contributed by atoms with van der Waals surface area (Å²) in [6.45, 7) is 6.68. The van der Waals surface area contributed by atoms with E-state index in [9.17, 15) is 14.4 Å². The minimum atomic E-state index is -0.547. The van der Waals surface area contributed by atoms with E-state index in [1.807, 2.05) is 26.0 Å². The zero-order valence-electron chi connectivity index (χ0n) is 17.1. The maximum absolute atomic E-state index is 13.0. The number of ether oxygens (including phenoxy) is 2. The zero-order valence-corrected chi connectivity index (χ0v) is 18.0. The lowest BCUT2D eigenvalue weighted by Gasteiger charge is -2.18. The maximum atomic E-state index is 13.0. The van der Waals surface area contributed by atoms with Crippen LogP contribution < -0.4 is 19.5 Å². The van der Waals surface area contributed by atoms with Crippen LogP contribution >= 0.6 is 11.3 Å². The Morgan fingerprint density at radius 2 is 1.79 bits per heavy atom. The van der Waals surface area contributed by atoms with Crippen LogP contribution in [0, 0.1) is 0 Å². The van der Waals surface area contributed by atoms with Crippen molar-refractivity contribution >= 4 is 35.4 Å². The van der Waals surface area contributed by atoms with Gasteiger partial charge in [0.2, 0.25) is 5.91 Å². The molecule has 0 aliphatic heterocycles. The predicted octanol–water partition coefficient (Wildman–Crippen LogP) is 0.959. The molecule has 1 aromatic carbocycles. The summed E-state index contributed by atoms with van der Waals surface area (Å²) in [5.41, 5.74) is 0.496. The molecule has 0 fully saturated rings. The minimum absolute atomic E-state index is 0.126. The van der Waals surface area contributed by atoms with E-state index in [0.717, 1.165) is 16.9 Å². The number of rotatable bonds is 8. The fourth-order valence-corrected chi connectivity index (χ4v) is 3.77. The van der Waals surface area contributed by atoms with Gasteiger partial charge in [-0.1, -0.05) is 12.1 Å². The van der Waals surface area contributed by atoms with E-state index in [1.165, 1.54) is 10.6 Å². The van der Waals surface area contributed by atoms with Gasteiger partial charge < -0.3 is 14.4 Å². The summed E-state index contributed by atoms with van der Waals surface area (Å²) in [6.07, 6.45) is 2.99. The SMILES string of the molecule is CCOC(=O)/C=c1\s/c(=C\c2ccc(OC)cc2)c(=O)n1CC(=O)N(CC)CC. The molecule has 2 rings (SSSR count). The number of likely N-dealkylation sites (N-methyl/N-ethyl adjacent to an activating group) is 1. The molecule has 0 saturated heterocycles. The number of hydrogen-bond acceptors (Lipinski definition) is 6. The molecule has 0 radical (unpaired) electrons. The van der Waals surface area contributed by atoms with E-state index in [0.29, 0.717) is 28.0 Å². The van der Waals surface area contributed by atoms with Crippen LogP contribution in [0.5, 0.6) is 5.75 Å². The van der Waals surface area contributed by atoms with E-state index in [2.05, 4.69) is 0 Å². The van der Waals surface area contributed by atoms with Gasteiger partial charge in [-0.15, -0.1) is 11.3 Å². The van der Waals surface area contributed by atoms with Gasteiger partial charge in [-0.05, 0) is 44.5 Å². The first-order valence-electron chi connectivity index (χ1n) is 9.45. The molecule has 1 amide bonds. The number of methoxy groups -OCH3 is 1. The van der Waals surface area contributed by atoms with Gasteiger partial charge in [0.15, 0.2) is 0 Å². The molecule has 1 heterocycles. The number of thiazole rings is 1. The molecule has 0 bridgehead atoms. The monoisotopic (exact) mass is 418 g/mol. The number of nitrogens with zero attached hydrogens (tertiary/aromatic N) is 2. The van der Waals surface area contributed by atoms with Gasteiger partial charge in [0.05, 0.1) is 24.3 Å². The molecule has 0 atom stereocenters. The number of carbonyl (C=O) groups is 2. The summed E-state index contributed by atoms with van der Waals surface area (Å²) in [5, 5.41) is 0. The van der Waals surface area contributed by atoms with Crippen LogP contribution in [0.1, 0.15) is 26.3 Å². The fraction of sp³-hybridized carbons (Fsp3) is 0.381. The quantitative estimate of drug-likeness (QED) is 0.597. The lowest BCUT2D eigenvalue weighted by molar-refractivity contribution is -0.135. The highest BCUT2D eigenvalue weighted by atomic mass is 32.1. The second-order valence-electron chi connectivity index (χ2n) is 6.08. The molecule has 0 spiro atoms. The first kappa shape index (κ1) is 22.4. The third-order valence-electron chi connectivity index (χ3n) is 4.29. The standard InChI is InChI=1S/C21H26N2O5S/c1-5-22(6-2)18(24)14-23-19(13-20(25)28-7-3)29-17(21(23)26)12-15-8-10-16(27-4)11-9-15/h8-13H,5-7,14H2,1-4H3/b17-12-,19-13-. The normalized spacial score (nSPS) is 12.1. The number of aromatic nitrogens is 1. The van der Waals surface area contributed by atoms with Crippen molar-refractivity contribution in [2.45, 2.75) is 27.3 Å². The van der Waals surface area contributed by atoms with Gasteiger partial charge in [-0.2, -0.15) is 0 Å². The van der Waals surface area contributed by atoms with Crippen LogP contribution in [-0.4, -0.2) is 48.1 Å². The highest BCUT2D eigenvalue weighted by Crippen LogP contribution is 2.11. The number of carbonyl (C=O) groups excluding carboxylic acids is 2. The fourth-order valence-electron chi connectivity index (χ4n) is 2.74. The van der Waals surface area contributed by atoms with Crippen LogP contribution in [-0.2, 0) is 20.9 Å². The largest absolute Gasteiger partial charge is 0.497 e. The molecule has 156 valence electrons. The van der Waals surface area contributed by atoms with Crippen molar-refractivity contribution in [3.63, 3.8) is 0 Å². The van der Waals surface area contributed by atoms with Gasteiger partial charge in [0, 0.05) is 13.1 Å². The Labute approximate surface area is 173 Å². The zero-order chi connectivity index (χ0) is 21.4. The molecule has 29 heavy (non-hydrogen) atoms. The van der Waals surface area contributed by atoms with Crippen molar-refractivity contribution in [3.05, 3.63) is 49.4 Å². The van der Waals surface area contributed by atoms with E-state index in [1.54, 1.807) is 37.1 Å². The lowest BCUT2D eigenvalue weighted by atomic mass is 10.2. The molecular weight excluding hydrogens is 392 g/mol. The molecule has 0 N–H and O–H groups in total. The Hall–Kier alpha value is -2.87. The first-order valence-corrected chi connectivity index (χ1v) is 10.3. The minimum Gasteiger partial charge on any atom is -0.497 e. The Balaban J connectivity index is 2.55. The van der Waals surface area contributed by atoms with E-state index in [4.69, 9.17) is 9.47 Å². The molecule has 7 nitrogen and oxygen atoms in total. The average molecular weight is 419 g/mol. The highest BCUT2D eigenvalue weighted by molar-refractivity contribution is 7.07. The second-order valence-corrected chi connectivity index (χ2v) is 7.14. The van der Waals surface area contributed by atoms with Crippen LogP contribution in [0.3, 0.4) is 0 Å². The van der Waals surface area contributed by atoms with E-state index < -0.39 is 5.97 Å². The van der Waals surface area contributed by atoms with Crippen molar-refractivity contribution < 1.29 is 19.1 Å². The van der Waals surface area contributed by atoms with Gasteiger partial charge in [-0.3, -0.25) is 14.2 Å². The number of benzene rings is 1. The topological polar surface area (TPSA) is 77.8 Å². The number of hydrogen-bond donors (Lipinski definition) is 0. The third kappa shape index (κ3) is 5.80. The Morgan fingerprint density at radius 3 is 2.34 bits per heavy atom. The van der Waals surface area contributed by atoms with Crippen molar-refractivity contribution in [2.75, 3.05) is 26.8 Å². The van der Waals surface area contributed by atoms with Crippen LogP contribution in [0.2, 0.25) is 0 Å². The van der Waals surface area contributed by atoms with E-state index >= 15 is 0 Å². The smallest absolute Gasteiger partial charge is 0.333 e. The molecule has 0 aliphatic carbocycles. The van der Waals surface area contributed by atoms with Gasteiger partial charge in [0.1, 0.15) is 17.0 Å². The van der Waals surface area contributed by atoms with Crippen molar-refractivity contribution in [3.8, 4) is 5.75 Å². The van der Waals surface area contributed by atoms with Crippen molar-refractivity contribution in [2.24, 2.45) is 0 Å². The van der Waals surface area contributed by atoms with Crippen molar-refractivity contribution in [1.29, 1.82) is 0 Å². The molecule has 0 saturated carbocycles. The maximum Gasteiger partial charge on any atom is 0.333 e. The summed E-state index contributed by atoms with van der Waals surface area (Å²) in [7, 11) is 1.58. The van der Waals surface area contributed by atoms with Crippen LogP contribution in [0.4, 0.5) is 0 Å². The molecule has 0 aliphatic rings. The summed E-state index contributed by atoms with van der Waals surface area (Å²) in [5.74, 6) is -0.00918. The molecular formula is C21H26N2O5S. The van der Waals surface area contributed by atoms with Gasteiger partial charge in [0.25, 0.3) is 5.56 Å².